The molecule has 0 aliphatic rings. The number of nitrogens with zero attached hydrogens (tertiary/aromatic N) is 1. The van der Waals surface area contributed by atoms with E-state index in [1.165, 1.54) is 18.3 Å². The van der Waals surface area contributed by atoms with Crippen LogP contribution in [0.25, 0.3) is 11.1 Å². The first-order chi connectivity index (χ1) is 8.52. The first kappa shape index (κ1) is 12.6. The third-order valence-corrected chi connectivity index (χ3v) is 2.54. The lowest BCUT2D eigenvalue weighted by Gasteiger charge is -2.07. The summed E-state index contributed by atoms with van der Waals surface area (Å²) in [5.74, 6) is 0.581. The van der Waals surface area contributed by atoms with Crippen LogP contribution in [0.1, 0.15) is 11.3 Å². The monoisotopic (exact) mass is 256 g/mol. The second-order valence-electron chi connectivity index (χ2n) is 3.78. The molecular weight excluding hydrogens is 245 g/mol. The van der Waals surface area contributed by atoms with Crippen molar-refractivity contribution in [1.82, 2.24) is 5.16 Å². The summed E-state index contributed by atoms with van der Waals surface area (Å²) >= 11 is 0. The maximum absolute atomic E-state index is 12.4. The molecule has 0 spiro atoms. The smallest absolute Gasteiger partial charge is 0.361 e. The van der Waals surface area contributed by atoms with E-state index < -0.39 is 11.7 Å². The summed E-state index contributed by atoms with van der Waals surface area (Å²) in [6, 6.07) is 4.87. The molecule has 1 aromatic heterocycles. The molecule has 2 N–H and O–H groups in total. The predicted octanol–water partition coefficient (Wildman–Crippen LogP) is 2.86. The average Bonchev–Trinajstić information content (AvgIpc) is 2.77. The van der Waals surface area contributed by atoms with E-state index >= 15 is 0 Å². The normalized spacial score (nSPS) is 11.8. The number of alkyl halides is 3. The minimum Gasteiger partial charge on any atom is -0.361 e. The van der Waals surface area contributed by atoms with E-state index in [1.807, 2.05) is 0 Å². The Kier molecular flexibility index (Phi) is 3.38. The summed E-state index contributed by atoms with van der Waals surface area (Å²) in [4.78, 5) is 0. The van der Waals surface area contributed by atoms with Crippen LogP contribution < -0.4 is 5.73 Å². The first-order valence-corrected chi connectivity index (χ1v) is 5.33. The first-order valence-electron chi connectivity index (χ1n) is 5.33. The lowest BCUT2D eigenvalue weighted by atomic mass is 10.0. The van der Waals surface area contributed by atoms with E-state index in [1.54, 1.807) is 0 Å². The molecule has 0 aliphatic heterocycles. The van der Waals surface area contributed by atoms with Crippen molar-refractivity contribution in [2.75, 3.05) is 6.54 Å². The van der Waals surface area contributed by atoms with Crippen LogP contribution in [-0.4, -0.2) is 11.7 Å². The number of nitrogens with two attached hydrogens (primary N) is 1. The van der Waals surface area contributed by atoms with E-state index in [-0.39, 0.29) is 0 Å². The van der Waals surface area contributed by atoms with Crippen molar-refractivity contribution in [1.29, 1.82) is 0 Å². The van der Waals surface area contributed by atoms with E-state index in [0.717, 1.165) is 12.1 Å². The van der Waals surface area contributed by atoms with Gasteiger partial charge in [-0.15, -0.1) is 0 Å². The molecule has 1 aromatic carbocycles. The fourth-order valence-electron chi connectivity index (χ4n) is 1.65. The molecule has 0 aliphatic carbocycles. The molecule has 3 nitrogen and oxygen atoms in total. The predicted molar refractivity (Wildman–Crippen MR) is 59.7 cm³/mol. The molecule has 0 bridgehead atoms. The molecular formula is C12H11F3N2O. The zero-order valence-corrected chi connectivity index (χ0v) is 9.37. The largest absolute Gasteiger partial charge is 0.416 e. The standard InChI is InChI=1S/C12H11F3N2O/c13-12(14,15)9-3-1-8(2-4-9)10-7-17-18-11(10)5-6-16/h1-4,7H,5-6,16H2. The van der Waals surface area contributed by atoms with Gasteiger partial charge in [0.05, 0.1) is 11.8 Å². The van der Waals surface area contributed by atoms with Crippen LogP contribution >= 0.6 is 0 Å². The van der Waals surface area contributed by atoms with E-state index in [9.17, 15) is 13.2 Å². The van der Waals surface area contributed by atoms with Gasteiger partial charge in [-0.2, -0.15) is 13.2 Å². The maximum Gasteiger partial charge on any atom is 0.416 e. The molecule has 96 valence electrons. The number of hydrogen-bond acceptors (Lipinski definition) is 3. The number of benzene rings is 1. The molecule has 6 heteroatoms. The number of rotatable bonds is 3. The lowest BCUT2D eigenvalue weighted by molar-refractivity contribution is -0.137. The topological polar surface area (TPSA) is 52.0 Å². The Morgan fingerprint density at radius 1 is 1.17 bits per heavy atom. The van der Waals surface area contributed by atoms with Crippen molar-refractivity contribution < 1.29 is 17.7 Å². The highest BCUT2D eigenvalue weighted by Crippen LogP contribution is 2.31. The molecule has 0 atom stereocenters. The molecule has 0 saturated carbocycles. The molecule has 2 rings (SSSR count). The van der Waals surface area contributed by atoms with Crippen molar-refractivity contribution in [3.63, 3.8) is 0 Å². The minimum atomic E-state index is -4.33. The van der Waals surface area contributed by atoms with Gasteiger partial charge in [0.25, 0.3) is 0 Å². The highest BCUT2D eigenvalue weighted by molar-refractivity contribution is 5.64. The second-order valence-corrected chi connectivity index (χ2v) is 3.78. The van der Waals surface area contributed by atoms with Crippen LogP contribution in [-0.2, 0) is 12.6 Å². The van der Waals surface area contributed by atoms with Crippen molar-refractivity contribution >= 4 is 0 Å². The molecule has 0 unspecified atom stereocenters. The Morgan fingerprint density at radius 2 is 1.83 bits per heavy atom. The van der Waals surface area contributed by atoms with Gasteiger partial charge in [0.1, 0.15) is 5.76 Å². The van der Waals surface area contributed by atoms with Gasteiger partial charge in [0, 0.05) is 12.0 Å². The summed E-state index contributed by atoms with van der Waals surface area (Å²) in [6.45, 7) is 0.392. The highest BCUT2D eigenvalue weighted by Gasteiger charge is 2.30. The maximum atomic E-state index is 12.4. The van der Waals surface area contributed by atoms with Crippen LogP contribution in [0.4, 0.5) is 13.2 Å². The summed E-state index contributed by atoms with van der Waals surface area (Å²) in [7, 11) is 0. The molecule has 0 amide bonds. The van der Waals surface area contributed by atoms with Crippen LogP contribution in [0, 0.1) is 0 Å². The average molecular weight is 256 g/mol. The number of halogens is 3. The fraction of sp³-hybridized carbons (Fsp3) is 0.250. The van der Waals surface area contributed by atoms with Crippen LogP contribution in [0.2, 0.25) is 0 Å². The lowest BCUT2D eigenvalue weighted by Crippen LogP contribution is -2.04. The zero-order chi connectivity index (χ0) is 13.2. The van der Waals surface area contributed by atoms with Gasteiger partial charge in [-0.1, -0.05) is 17.3 Å². The quantitative estimate of drug-likeness (QED) is 0.918. The Balaban J connectivity index is 2.32. The van der Waals surface area contributed by atoms with Gasteiger partial charge in [-0.05, 0) is 24.2 Å². The van der Waals surface area contributed by atoms with Gasteiger partial charge in [-0.25, -0.2) is 0 Å². The van der Waals surface area contributed by atoms with Gasteiger partial charge >= 0.3 is 6.18 Å². The Hall–Kier alpha value is -1.82. The Morgan fingerprint density at radius 3 is 2.39 bits per heavy atom. The van der Waals surface area contributed by atoms with Crippen LogP contribution in [0.3, 0.4) is 0 Å². The highest BCUT2D eigenvalue weighted by atomic mass is 19.4. The summed E-state index contributed by atoms with van der Waals surface area (Å²) in [6.07, 6.45) is -2.35. The fourth-order valence-corrected chi connectivity index (χ4v) is 1.65. The molecule has 0 saturated heterocycles. The van der Waals surface area contributed by atoms with Crippen LogP contribution in [0.5, 0.6) is 0 Å². The molecule has 18 heavy (non-hydrogen) atoms. The molecule has 2 aromatic rings. The van der Waals surface area contributed by atoms with Crippen molar-refractivity contribution in [3.05, 3.63) is 41.8 Å². The summed E-state index contributed by atoms with van der Waals surface area (Å²) in [5, 5.41) is 3.64. The minimum absolute atomic E-state index is 0.392. The number of hydrogen-bond donors (Lipinski definition) is 1. The molecule has 0 radical (unpaired) electrons. The zero-order valence-electron chi connectivity index (χ0n) is 9.37. The molecule has 1 heterocycles. The van der Waals surface area contributed by atoms with Crippen LogP contribution in [0.15, 0.2) is 35.0 Å². The summed E-state index contributed by atoms with van der Waals surface area (Å²) < 4.78 is 42.2. The third kappa shape index (κ3) is 2.53. The summed E-state index contributed by atoms with van der Waals surface area (Å²) in [5.41, 5.74) is 6.04. The van der Waals surface area contributed by atoms with Gasteiger partial charge in [0.2, 0.25) is 0 Å². The SMILES string of the molecule is NCCc1oncc1-c1ccc(C(F)(F)F)cc1. The van der Waals surface area contributed by atoms with E-state index in [4.69, 9.17) is 10.3 Å². The van der Waals surface area contributed by atoms with E-state index in [2.05, 4.69) is 5.16 Å². The second kappa shape index (κ2) is 4.81. The van der Waals surface area contributed by atoms with Crippen molar-refractivity contribution in [2.45, 2.75) is 12.6 Å². The number of aromatic nitrogens is 1. The van der Waals surface area contributed by atoms with Gasteiger partial charge in [0.15, 0.2) is 0 Å². The Labute approximate surface area is 101 Å². The van der Waals surface area contributed by atoms with E-state index in [0.29, 0.717) is 29.9 Å². The third-order valence-electron chi connectivity index (χ3n) is 2.54. The van der Waals surface area contributed by atoms with Crippen molar-refractivity contribution in [3.8, 4) is 11.1 Å². The van der Waals surface area contributed by atoms with Gasteiger partial charge in [-0.3, -0.25) is 0 Å². The van der Waals surface area contributed by atoms with Crippen molar-refractivity contribution in [2.24, 2.45) is 5.73 Å². The molecule has 0 fully saturated rings. The van der Waals surface area contributed by atoms with Gasteiger partial charge < -0.3 is 10.3 Å². The Bertz CT molecular complexity index is 517.